The minimum atomic E-state index is -5.70. The van der Waals surface area contributed by atoms with E-state index >= 15 is 0 Å². The van der Waals surface area contributed by atoms with Crippen molar-refractivity contribution in [2.75, 3.05) is 0 Å². The van der Waals surface area contributed by atoms with Crippen molar-refractivity contribution < 1.29 is 72.1 Å². The number of carbonyl (C=O) groups is 1. The summed E-state index contributed by atoms with van der Waals surface area (Å²) >= 11 is 0. The zero-order valence-electron chi connectivity index (χ0n) is 15.9. The van der Waals surface area contributed by atoms with Gasteiger partial charge in [-0.05, 0) is 37.0 Å². The summed E-state index contributed by atoms with van der Waals surface area (Å²) in [5, 5.41) is 16.8. The van der Waals surface area contributed by atoms with Gasteiger partial charge in [-0.15, -0.1) is 0 Å². The fourth-order valence-electron chi connectivity index (χ4n) is 3.02. The minimum Gasteiger partial charge on any atom is -0.478 e. The molecule has 2 rings (SSSR count). The second-order valence-electron chi connectivity index (χ2n) is 6.90. The van der Waals surface area contributed by atoms with E-state index in [0.29, 0.717) is 6.42 Å². The molecule has 0 aromatic rings. The predicted octanol–water partition coefficient (Wildman–Crippen LogP) is 6.62. The maximum atomic E-state index is 12.5. The number of allylic oxidation sites excluding steroid dienone is 2. The van der Waals surface area contributed by atoms with Crippen LogP contribution in [0, 0.1) is 17.8 Å². The summed E-state index contributed by atoms with van der Waals surface area (Å²) in [7, 11) is 0. The molecular weight excluding hydrogens is 499 g/mol. The summed E-state index contributed by atoms with van der Waals surface area (Å²) in [6.45, 7) is 2.30. The lowest BCUT2D eigenvalue weighted by atomic mass is 9.82. The second kappa shape index (κ2) is 10.8. The predicted molar refractivity (Wildman–Crippen MR) is 84.8 cm³/mol. The summed E-state index contributed by atoms with van der Waals surface area (Å²) in [6.07, 6.45) is -19.0. The van der Waals surface area contributed by atoms with Gasteiger partial charge in [0.15, 0.2) is 0 Å². The van der Waals surface area contributed by atoms with Crippen LogP contribution >= 0.6 is 0 Å². The molecule has 1 fully saturated rings. The van der Waals surface area contributed by atoms with Gasteiger partial charge in [0.05, 0.1) is 0 Å². The fraction of sp³-hybridized carbons (Fsp3) is 0.588. The van der Waals surface area contributed by atoms with Gasteiger partial charge in [0.2, 0.25) is 0 Å². The van der Waals surface area contributed by atoms with Gasteiger partial charge >= 0.3 is 36.7 Å². The summed E-state index contributed by atoms with van der Waals surface area (Å²) in [5.74, 6) is -3.01. The van der Waals surface area contributed by atoms with Crippen LogP contribution < -0.4 is 0 Å². The number of halogens is 13. The molecule has 2 bridgehead atoms. The second-order valence-corrected chi connectivity index (χ2v) is 6.90. The van der Waals surface area contributed by atoms with Crippen LogP contribution in [0.5, 0.6) is 0 Å². The van der Waals surface area contributed by atoms with E-state index in [0.717, 1.165) is 0 Å². The first kappa shape index (κ1) is 30.7. The SMILES string of the molecule is C=C(C(=O)O)C(F)(F)F.FC(F)=C(F)F.OC(CC1CC2C=CC1C2)(C(F)(F)F)C(F)(F)F. The maximum absolute atomic E-state index is 12.5. The van der Waals surface area contributed by atoms with Gasteiger partial charge in [-0.25, -0.2) is 4.79 Å². The first-order valence-electron chi connectivity index (χ1n) is 8.44. The number of hydrogen-bond donors (Lipinski definition) is 2. The van der Waals surface area contributed by atoms with E-state index in [1.165, 1.54) is 0 Å². The van der Waals surface area contributed by atoms with Crippen LogP contribution in [0.25, 0.3) is 0 Å². The van der Waals surface area contributed by atoms with Crippen LogP contribution in [0.15, 0.2) is 36.5 Å². The Labute approximate surface area is 176 Å². The van der Waals surface area contributed by atoms with E-state index in [2.05, 4.69) is 6.58 Å². The molecule has 3 unspecified atom stereocenters. The molecule has 0 aromatic carbocycles. The quantitative estimate of drug-likeness (QED) is 0.253. The lowest BCUT2D eigenvalue weighted by molar-refractivity contribution is -0.373. The van der Waals surface area contributed by atoms with E-state index in [-0.39, 0.29) is 18.3 Å². The number of rotatable bonds is 3. The Balaban J connectivity index is 0.000000571. The third kappa shape index (κ3) is 8.55. The van der Waals surface area contributed by atoms with E-state index in [9.17, 15) is 61.9 Å². The standard InChI is InChI=1S/C11H12F6O.C4H3F3O2.C2F4/c12-10(13,14)9(18,11(15,16)17)5-8-4-6-1-2-7(8)3-6;1-2(3(8)9)4(5,6)7;3-1(4)2(5)6/h1-2,6-8,18H,3-5H2;1H2,(H,8,9);. The number of alkyl halides is 9. The molecule has 3 atom stereocenters. The Hall–Kier alpha value is -2.26. The molecule has 0 spiro atoms. The van der Waals surface area contributed by atoms with E-state index in [1.807, 2.05) is 6.08 Å². The van der Waals surface area contributed by atoms with E-state index < -0.39 is 60.2 Å². The smallest absolute Gasteiger partial charge is 0.426 e. The largest absolute Gasteiger partial charge is 0.478 e. The normalized spacial score (nSPS) is 22.1. The van der Waals surface area contributed by atoms with Crippen molar-refractivity contribution in [2.24, 2.45) is 17.8 Å². The molecule has 3 nitrogen and oxygen atoms in total. The number of hydrogen-bond acceptors (Lipinski definition) is 2. The van der Waals surface area contributed by atoms with Gasteiger partial charge in [0.25, 0.3) is 5.60 Å². The van der Waals surface area contributed by atoms with E-state index in [4.69, 9.17) is 10.2 Å². The van der Waals surface area contributed by atoms with Gasteiger partial charge in [-0.1, -0.05) is 18.7 Å². The van der Waals surface area contributed by atoms with Crippen molar-refractivity contribution in [3.63, 3.8) is 0 Å². The third-order valence-electron chi connectivity index (χ3n) is 4.66. The molecule has 192 valence electrons. The number of fused-ring (bicyclic) bond motifs is 2. The molecule has 0 saturated heterocycles. The minimum absolute atomic E-state index is 0.0608. The van der Waals surface area contributed by atoms with Crippen molar-refractivity contribution in [3.8, 4) is 0 Å². The fourth-order valence-corrected chi connectivity index (χ4v) is 3.02. The summed E-state index contributed by atoms with van der Waals surface area (Å²) in [5.41, 5.74) is -6.34. The molecule has 16 heteroatoms. The number of aliphatic carboxylic acids is 1. The molecule has 33 heavy (non-hydrogen) atoms. The third-order valence-corrected chi connectivity index (χ3v) is 4.66. The van der Waals surface area contributed by atoms with Crippen LogP contribution in [0.1, 0.15) is 19.3 Å². The van der Waals surface area contributed by atoms with Crippen LogP contribution in [-0.2, 0) is 4.79 Å². The lowest BCUT2D eigenvalue weighted by Crippen LogP contribution is -2.58. The Kier molecular flexibility index (Phi) is 10.0. The Bertz CT molecular complexity index is 730. The van der Waals surface area contributed by atoms with Gasteiger partial charge in [0, 0.05) is 0 Å². The highest BCUT2D eigenvalue weighted by Crippen LogP contribution is 2.53. The molecule has 0 aromatic heterocycles. The Morgan fingerprint density at radius 2 is 1.27 bits per heavy atom. The molecule has 0 radical (unpaired) electrons. The Morgan fingerprint density at radius 1 is 0.848 bits per heavy atom. The molecule has 2 aliphatic rings. The molecule has 2 aliphatic carbocycles. The van der Waals surface area contributed by atoms with Crippen molar-refractivity contribution in [1.82, 2.24) is 0 Å². The lowest BCUT2D eigenvalue weighted by Gasteiger charge is -2.35. The van der Waals surface area contributed by atoms with Crippen molar-refractivity contribution >= 4 is 5.97 Å². The van der Waals surface area contributed by atoms with Crippen LogP contribution in [0.4, 0.5) is 57.1 Å². The average Bonchev–Trinajstić information content (AvgIpc) is 3.22. The number of carboxylic acid groups (broad SMARTS) is 1. The monoisotopic (exact) mass is 514 g/mol. The first-order valence-corrected chi connectivity index (χ1v) is 8.44. The number of aliphatic hydroxyl groups is 1. The summed E-state index contributed by atoms with van der Waals surface area (Å²) < 4.78 is 150. The van der Waals surface area contributed by atoms with Gasteiger partial charge in [-0.2, -0.15) is 57.1 Å². The summed E-state index contributed by atoms with van der Waals surface area (Å²) in [4.78, 5) is 9.53. The van der Waals surface area contributed by atoms with Crippen LogP contribution in [0.3, 0.4) is 0 Å². The zero-order valence-corrected chi connectivity index (χ0v) is 15.9. The van der Waals surface area contributed by atoms with Gasteiger partial charge in [0.1, 0.15) is 5.57 Å². The summed E-state index contributed by atoms with van der Waals surface area (Å²) in [6, 6.07) is 0. The highest BCUT2D eigenvalue weighted by Gasteiger charge is 2.71. The molecule has 1 saturated carbocycles. The zero-order chi connectivity index (χ0) is 26.6. The first-order chi connectivity index (χ1) is 14.5. The highest BCUT2D eigenvalue weighted by atomic mass is 19.4. The maximum Gasteiger partial charge on any atom is 0.426 e. The molecule has 2 N–H and O–H groups in total. The van der Waals surface area contributed by atoms with E-state index in [1.54, 1.807) is 6.08 Å². The van der Waals surface area contributed by atoms with Gasteiger partial charge < -0.3 is 10.2 Å². The van der Waals surface area contributed by atoms with Crippen molar-refractivity contribution in [1.29, 1.82) is 0 Å². The molecular formula is C17H15F13O3. The Morgan fingerprint density at radius 3 is 1.45 bits per heavy atom. The van der Waals surface area contributed by atoms with Crippen molar-refractivity contribution in [3.05, 3.63) is 36.5 Å². The van der Waals surface area contributed by atoms with Crippen LogP contribution in [0.2, 0.25) is 0 Å². The molecule has 0 heterocycles. The van der Waals surface area contributed by atoms with Crippen LogP contribution in [-0.4, -0.2) is 40.3 Å². The highest BCUT2D eigenvalue weighted by molar-refractivity contribution is 5.87. The number of carboxylic acids is 1. The topological polar surface area (TPSA) is 57.5 Å². The average molecular weight is 514 g/mol. The van der Waals surface area contributed by atoms with Gasteiger partial charge in [-0.3, -0.25) is 0 Å². The molecule has 0 aliphatic heterocycles. The molecule has 0 amide bonds. The van der Waals surface area contributed by atoms with Crippen molar-refractivity contribution in [2.45, 2.75) is 43.4 Å².